The van der Waals surface area contributed by atoms with Crippen molar-refractivity contribution in [1.82, 2.24) is 20.0 Å². The number of carbonyl (C=O) groups is 5. The average molecular weight is 1050 g/mol. The summed E-state index contributed by atoms with van der Waals surface area (Å²) in [5.74, 6) is -2.62. The van der Waals surface area contributed by atoms with Gasteiger partial charge in [0.15, 0.2) is 29.6 Å². The topological polar surface area (TPSA) is 264 Å². The van der Waals surface area contributed by atoms with Gasteiger partial charge < -0.3 is 38.2 Å². The summed E-state index contributed by atoms with van der Waals surface area (Å²) in [5.41, 5.74) is -4.25. The molecule has 4 aliphatic rings. The summed E-state index contributed by atoms with van der Waals surface area (Å²) in [5, 5.41) is 26.2. The van der Waals surface area contributed by atoms with E-state index in [4.69, 9.17) is 37.0 Å². The number of esters is 2. The fourth-order valence-corrected chi connectivity index (χ4v) is 10.3. The van der Waals surface area contributed by atoms with Gasteiger partial charge in [-0.15, -0.1) is 0 Å². The highest BCUT2D eigenvalue weighted by molar-refractivity contribution is 7.52. The van der Waals surface area contributed by atoms with Gasteiger partial charge in [0.1, 0.15) is 48.0 Å². The van der Waals surface area contributed by atoms with Crippen LogP contribution in [0.5, 0.6) is 11.5 Å². The van der Waals surface area contributed by atoms with E-state index in [1.165, 1.54) is 44.3 Å². The monoisotopic (exact) mass is 1050 g/mol. The number of alkyl halides is 2. The second-order valence-electron chi connectivity index (χ2n) is 18.0. The maximum absolute atomic E-state index is 15.5. The van der Waals surface area contributed by atoms with E-state index in [9.17, 15) is 43.3 Å². The van der Waals surface area contributed by atoms with Crippen LogP contribution in [0.15, 0.2) is 97.4 Å². The maximum atomic E-state index is 15.5. The number of rotatable bonds is 20. The molecule has 12 atom stereocenters. The molecule has 21 nitrogen and oxygen atoms in total. The van der Waals surface area contributed by atoms with Crippen LogP contribution in [0, 0.1) is 0 Å². The van der Waals surface area contributed by atoms with E-state index in [-0.39, 0.29) is 17.9 Å². The van der Waals surface area contributed by atoms with Crippen LogP contribution in [0.3, 0.4) is 0 Å². The summed E-state index contributed by atoms with van der Waals surface area (Å²) in [7, 11) is -8.55. The number of aliphatic hydroxyl groups excluding tert-OH is 2. The van der Waals surface area contributed by atoms with Gasteiger partial charge in [-0.3, -0.25) is 42.8 Å². The van der Waals surface area contributed by atoms with E-state index in [0.717, 1.165) is 35.9 Å². The second-order valence-corrected chi connectivity index (χ2v) is 21.4. The van der Waals surface area contributed by atoms with Crippen molar-refractivity contribution in [3.63, 3.8) is 0 Å². The van der Waals surface area contributed by atoms with E-state index in [0.29, 0.717) is 5.57 Å². The Hall–Kier alpha value is -5.19. The SMILES string of the molecule is C=C1C=CN([C@@H]2O[C@H](CO[P@](=O)(N[C@@H](C)C(=O)OC(C)C)Oc3ccccc3)[C@@H](O)[C@@]2(C)F)C(=O)C1.CC(C)OC(=O)[C@H](C)N[P@](=O)(OC[C@H]1O[C@@H](N2C=CC(=O)CC2=O)[C@](C)(F)[C@@H]1O)Oc1ccccc1. The fourth-order valence-electron chi connectivity index (χ4n) is 7.29. The molecule has 4 heterocycles. The van der Waals surface area contributed by atoms with Gasteiger partial charge in [-0.25, -0.2) is 17.9 Å². The first-order chi connectivity index (χ1) is 33.6. The molecular weight excluding hydrogens is 992 g/mol. The molecule has 0 aliphatic carbocycles. The van der Waals surface area contributed by atoms with Crippen molar-refractivity contribution >= 4 is 45.0 Å². The van der Waals surface area contributed by atoms with Crippen molar-refractivity contribution in [2.24, 2.45) is 0 Å². The van der Waals surface area contributed by atoms with E-state index in [2.05, 4.69) is 16.8 Å². The molecule has 4 N–H and O–H groups in total. The lowest BCUT2D eigenvalue weighted by Crippen LogP contribution is -2.51. The third-order valence-electron chi connectivity index (χ3n) is 11.0. The smallest absolute Gasteiger partial charge is 0.459 e. The van der Waals surface area contributed by atoms with Crippen LogP contribution in [0.1, 0.15) is 68.2 Å². The zero-order chi connectivity index (χ0) is 53.3. The predicted octanol–water partition coefficient (Wildman–Crippen LogP) is 5.48. The molecule has 25 heteroatoms. The molecule has 6 rings (SSSR count). The Morgan fingerprint density at radius 3 is 1.43 bits per heavy atom. The van der Waals surface area contributed by atoms with Gasteiger partial charge in [-0.05, 0) is 97.4 Å². The van der Waals surface area contributed by atoms with Crippen LogP contribution in [0.25, 0.3) is 0 Å². The third kappa shape index (κ3) is 15.0. The standard InChI is InChI=1S/C24H32FN2O8P.C23H30FN2O9P/c1-15(2)33-22(30)17(4)26-36(31,35-18-9-7-6-8-10-18)32-14-19-21(29)24(5,25)23(34-19)27-12-11-16(3)13-20(27)28;1-14(2)33-21(30)15(3)25-36(31,35-17-8-6-5-7-9-17)32-13-18-20(29)23(4,24)22(34-18)26-11-10-16(27)12-19(26)28/h6-12,15,17,19,21,23,29H,3,13-14H2,1-2,4-5H3,(H,26,31);5-11,14-15,18,20,22,29H,12-13H2,1-4H3,(H,25,31)/t17-,19+,21+,23+,24+,36+;15-,18+,20+,22+,23+,36-/m00/s1. The van der Waals surface area contributed by atoms with Crippen molar-refractivity contribution in [1.29, 1.82) is 0 Å². The van der Waals surface area contributed by atoms with E-state index in [1.807, 2.05) is 0 Å². The number of para-hydroxylation sites is 2. The number of hydrogen-bond acceptors (Lipinski definition) is 17. The Morgan fingerprint density at radius 1 is 0.694 bits per heavy atom. The number of ether oxygens (including phenoxy) is 4. The van der Waals surface area contributed by atoms with Crippen molar-refractivity contribution in [2.75, 3.05) is 13.2 Å². The number of benzene rings is 2. The van der Waals surface area contributed by atoms with E-state index in [1.54, 1.807) is 70.2 Å². The van der Waals surface area contributed by atoms with E-state index >= 15 is 8.78 Å². The molecule has 2 saturated heterocycles. The molecule has 2 fully saturated rings. The molecule has 0 saturated carbocycles. The lowest BCUT2D eigenvalue weighted by Gasteiger charge is -2.33. The van der Waals surface area contributed by atoms with Gasteiger partial charge in [-0.2, -0.15) is 10.2 Å². The normalized spacial score (nSPS) is 28.8. The minimum absolute atomic E-state index is 0.0158. The lowest BCUT2D eigenvalue weighted by molar-refractivity contribution is -0.151. The first kappa shape index (κ1) is 57.7. The highest BCUT2D eigenvalue weighted by Gasteiger charge is 2.59. The van der Waals surface area contributed by atoms with Gasteiger partial charge in [0.05, 0.1) is 38.3 Å². The van der Waals surface area contributed by atoms with Crippen LogP contribution in [-0.4, -0.2) is 135 Å². The van der Waals surface area contributed by atoms with Gasteiger partial charge in [-0.1, -0.05) is 43.0 Å². The molecule has 2 aromatic rings. The number of nitrogens with one attached hydrogen (secondary N) is 2. The molecule has 0 unspecified atom stereocenters. The number of nitrogens with zero attached hydrogens (tertiary/aromatic N) is 2. The summed E-state index contributed by atoms with van der Waals surface area (Å²) in [6, 6.07) is 13.9. The first-order valence-electron chi connectivity index (χ1n) is 22.8. The molecule has 2 aromatic carbocycles. The van der Waals surface area contributed by atoms with Crippen LogP contribution < -0.4 is 19.2 Å². The quantitative estimate of drug-likeness (QED) is 0.0726. The van der Waals surface area contributed by atoms with Gasteiger partial charge >= 0.3 is 27.4 Å². The largest absolute Gasteiger partial charge is 0.462 e. The Labute approximate surface area is 415 Å². The molecule has 396 valence electrons. The molecule has 0 spiro atoms. The molecule has 0 radical (unpaired) electrons. The van der Waals surface area contributed by atoms with Crippen LogP contribution in [0.2, 0.25) is 0 Å². The number of ketones is 1. The van der Waals surface area contributed by atoms with Crippen LogP contribution >= 0.6 is 15.5 Å². The lowest BCUT2D eigenvalue weighted by atomic mass is 9.97. The summed E-state index contributed by atoms with van der Waals surface area (Å²) in [4.78, 5) is 62.6. The number of carbonyl (C=O) groups excluding carboxylic acids is 5. The molecule has 0 bridgehead atoms. The maximum Gasteiger partial charge on any atom is 0.459 e. The summed E-state index contributed by atoms with van der Waals surface area (Å²) >= 11 is 0. The highest BCUT2D eigenvalue weighted by Crippen LogP contribution is 2.48. The van der Waals surface area contributed by atoms with Crippen LogP contribution in [0.4, 0.5) is 8.78 Å². The molecule has 2 amide bonds. The van der Waals surface area contributed by atoms with Gasteiger partial charge in [0.25, 0.3) is 0 Å². The van der Waals surface area contributed by atoms with E-state index < -0.39 is 137 Å². The van der Waals surface area contributed by atoms with Crippen molar-refractivity contribution < 1.29 is 89.1 Å². The van der Waals surface area contributed by atoms with Crippen LogP contribution in [-0.2, 0) is 61.1 Å². The van der Waals surface area contributed by atoms with Crippen molar-refractivity contribution in [3.05, 3.63) is 97.4 Å². The van der Waals surface area contributed by atoms with Gasteiger partial charge in [0, 0.05) is 12.4 Å². The Bertz CT molecular complexity index is 2260. The summed E-state index contributed by atoms with van der Waals surface area (Å²) in [6.45, 7) is 14.1. The first-order valence-corrected chi connectivity index (χ1v) is 25.9. The molecular formula is C47H62F2N4O17P2. The summed E-state index contributed by atoms with van der Waals surface area (Å²) < 4.78 is 102. The second kappa shape index (κ2) is 24.2. The molecule has 4 aliphatic heterocycles. The minimum Gasteiger partial charge on any atom is -0.462 e. The van der Waals surface area contributed by atoms with Crippen molar-refractivity contribution in [2.45, 2.75) is 141 Å². The number of hydrogen-bond donors (Lipinski definition) is 4. The fraction of sp³-hybridized carbons (Fsp3) is 0.511. The predicted molar refractivity (Wildman–Crippen MR) is 253 cm³/mol. The number of halogens is 2. The molecule has 0 aromatic heterocycles. The minimum atomic E-state index is -4.29. The average Bonchev–Trinajstić information content (AvgIpc) is 3.66. The Balaban J connectivity index is 0.000000267. The summed E-state index contributed by atoms with van der Waals surface area (Å²) in [6.07, 6.45) is -5.35. The Kier molecular flexibility index (Phi) is 19.4. The highest BCUT2D eigenvalue weighted by atomic mass is 31.2. The number of aliphatic hydroxyl groups is 2. The zero-order valence-corrected chi connectivity index (χ0v) is 42.7. The Morgan fingerprint density at radius 2 is 1.07 bits per heavy atom. The zero-order valence-electron chi connectivity index (χ0n) is 41.0. The number of allylic oxidation sites excluding steroid dienone is 2. The van der Waals surface area contributed by atoms with Crippen molar-refractivity contribution in [3.8, 4) is 11.5 Å². The van der Waals surface area contributed by atoms with Gasteiger partial charge in [0.2, 0.25) is 11.8 Å². The number of amides is 2. The molecule has 72 heavy (non-hydrogen) atoms. The third-order valence-corrected chi connectivity index (χ3v) is 14.3.